The van der Waals surface area contributed by atoms with Crippen LogP contribution in [-0.4, -0.2) is 60.7 Å². The van der Waals surface area contributed by atoms with E-state index in [0.29, 0.717) is 25.6 Å². The first kappa shape index (κ1) is 19.5. The number of fused-ring (bicyclic) bond motifs is 1. The lowest BCUT2D eigenvalue weighted by atomic mass is 10.0. The molecular weight excluding hydrogens is 400 g/mol. The molecule has 1 aliphatic carbocycles. The van der Waals surface area contributed by atoms with Crippen LogP contribution in [0.4, 0.5) is 5.69 Å². The van der Waals surface area contributed by atoms with Crippen molar-refractivity contribution in [2.75, 3.05) is 44.8 Å². The third kappa shape index (κ3) is 3.60. The Morgan fingerprint density at radius 3 is 2.93 bits per heavy atom. The number of carbonyl (C=O) groups excluding carboxylic acids is 1. The summed E-state index contributed by atoms with van der Waals surface area (Å²) in [5.41, 5.74) is 4.88. The number of H-pyrrole nitrogens is 1. The van der Waals surface area contributed by atoms with Gasteiger partial charge in [-0.05, 0) is 42.0 Å². The van der Waals surface area contributed by atoms with Crippen LogP contribution in [0.1, 0.15) is 24.3 Å². The van der Waals surface area contributed by atoms with Crippen molar-refractivity contribution in [3.63, 3.8) is 0 Å². The van der Waals surface area contributed by atoms with Gasteiger partial charge in [-0.2, -0.15) is 0 Å². The van der Waals surface area contributed by atoms with Gasteiger partial charge in [0.25, 0.3) is 0 Å². The molecule has 0 atom stereocenters. The Balaban J connectivity index is 1.44. The number of benzene rings is 1. The smallest absolute Gasteiger partial charge is 0.241 e. The minimum absolute atomic E-state index is 0.107. The number of pyridine rings is 1. The van der Waals surface area contributed by atoms with Crippen LogP contribution in [0.2, 0.25) is 5.02 Å². The standard InChI is InChI=1S/C23H25ClN4O2/c1-30-10-9-27-7-8-28(20(29)14-27)17-4-2-3-16(11-17)19-13-26-23-21(22(19)24)18(12-25-23)15-5-6-15/h2-4,11-13,15H,5-10,14H2,1H3,(H,25,26). The fourth-order valence-electron chi connectivity index (χ4n) is 4.25. The minimum atomic E-state index is 0.107. The van der Waals surface area contributed by atoms with Crippen LogP contribution >= 0.6 is 11.6 Å². The van der Waals surface area contributed by atoms with Crippen molar-refractivity contribution >= 4 is 34.2 Å². The molecule has 2 aliphatic rings. The molecule has 0 spiro atoms. The topological polar surface area (TPSA) is 61.5 Å². The molecule has 0 bridgehead atoms. The Morgan fingerprint density at radius 1 is 1.30 bits per heavy atom. The van der Waals surface area contributed by atoms with Crippen LogP contribution in [0.5, 0.6) is 0 Å². The highest BCUT2D eigenvalue weighted by Crippen LogP contribution is 2.46. The second-order valence-corrected chi connectivity index (χ2v) is 8.47. The van der Waals surface area contributed by atoms with Gasteiger partial charge in [-0.3, -0.25) is 9.69 Å². The van der Waals surface area contributed by atoms with Crippen molar-refractivity contribution in [2.24, 2.45) is 0 Å². The van der Waals surface area contributed by atoms with Gasteiger partial charge in [0.1, 0.15) is 5.65 Å². The number of carbonyl (C=O) groups is 1. The molecule has 2 fully saturated rings. The predicted molar refractivity (Wildman–Crippen MR) is 119 cm³/mol. The van der Waals surface area contributed by atoms with E-state index < -0.39 is 0 Å². The minimum Gasteiger partial charge on any atom is -0.383 e. The summed E-state index contributed by atoms with van der Waals surface area (Å²) in [6, 6.07) is 8.04. The van der Waals surface area contributed by atoms with Crippen molar-refractivity contribution in [2.45, 2.75) is 18.8 Å². The maximum absolute atomic E-state index is 12.8. The summed E-state index contributed by atoms with van der Waals surface area (Å²) in [6.07, 6.45) is 6.29. The summed E-state index contributed by atoms with van der Waals surface area (Å²) in [7, 11) is 1.68. The van der Waals surface area contributed by atoms with Gasteiger partial charge in [0.15, 0.2) is 0 Å². The second-order valence-electron chi connectivity index (χ2n) is 8.09. The third-order valence-electron chi connectivity index (χ3n) is 6.07. The average molecular weight is 425 g/mol. The number of halogens is 1. The number of rotatable bonds is 6. The molecule has 1 amide bonds. The highest BCUT2D eigenvalue weighted by Gasteiger charge is 2.29. The molecule has 2 aromatic heterocycles. The van der Waals surface area contributed by atoms with E-state index in [9.17, 15) is 4.79 Å². The van der Waals surface area contributed by atoms with Crippen molar-refractivity contribution in [1.82, 2.24) is 14.9 Å². The van der Waals surface area contributed by atoms with Gasteiger partial charge in [0, 0.05) is 55.8 Å². The Labute approximate surface area is 180 Å². The van der Waals surface area contributed by atoms with Crippen LogP contribution < -0.4 is 4.90 Å². The predicted octanol–water partition coefficient (Wildman–Crippen LogP) is 4.06. The van der Waals surface area contributed by atoms with E-state index in [1.165, 1.54) is 18.4 Å². The first-order valence-electron chi connectivity index (χ1n) is 10.4. The van der Waals surface area contributed by atoms with Crippen molar-refractivity contribution in [3.8, 4) is 11.1 Å². The fraction of sp³-hybridized carbons (Fsp3) is 0.391. The number of aromatic amines is 1. The molecule has 156 valence electrons. The summed E-state index contributed by atoms with van der Waals surface area (Å²) in [5, 5.41) is 1.76. The van der Waals surface area contributed by atoms with Gasteiger partial charge in [-0.15, -0.1) is 0 Å². The molecule has 0 radical (unpaired) electrons. The van der Waals surface area contributed by atoms with E-state index in [-0.39, 0.29) is 5.91 Å². The summed E-state index contributed by atoms with van der Waals surface area (Å²) in [6.45, 7) is 3.33. The molecule has 1 saturated carbocycles. The number of methoxy groups -OCH3 is 1. The van der Waals surface area contributed by atoms with E-state index in [1.54, 1.807) is 7.11 Å². The van der Waals surface area contributed by atoms with E-state index in [4.69, 9.17) is 16.3 Å². The Kier molecular flexibility index (Phi) is 5.23. The summed E-state index contributed by atoms with van der Waals surface area (Å²) < 4.78 is 5.13. The van der Waals surface area contributed by atoms with Gasteiger partial charge in [0.2, 0.25) is 5.91 Å². The number of aromatic nitrogens is 2. The number of hydrogen-bond donors (Lipinski definition) is 1. The van der Waals surface area contributed by atoms with Gasteiger partial charge < -0.3 is 14.6 Å². The number of ether oxygens (including phenoxy) is 1. The fourth-order valence-corrected chi connectivity index (χ4v) is 4.60. The molecule has 0 unspecified atom stereocenters. The summed E-state index contributed by atoms with van der Waals surface area (Å²) in [4.78, 5) is 24.6. The zero-order valence-corrected chi connectivity index (χ0v) is 17.8. The van der Waals surface area contributed by atoms with E-state index >= 15 is 0 Å². The third-order valence-corrected chi connectivity index (χ3v) is 6.46. The Bertz CT molecular complexity index is 1090. The number of nitrogens with zero attached hydrogens (tertiary/aromatic N) is 3. The lowest BCUT2D eigenvalue weighted by Crippen LogP contribution is -2.51. The molecular formula is C23H25ClN4O2. The Morgan fingerprint density at radius 2 is 2.17 bits per heavy atom. The highest BCUT2D eigenvalue weighted by atomic mass is 35.5. The van der Waals surface area contributed by atoms with E-state index in [2.05, 4.69) is 14.9 Å². The number of piperazine rings is 1. The Hall–Kier alpha value is -2.41. The molecule has 1 saturated heterocycles. The van der Waals surface area contributed by atoms with Crippen LogP contribution in [-0.2, 0) is 9.53 Å². The van der Waals surface area contributed by atoms with Gasteiger partial charge in [-0.1, -0.05) is 23.7 Å². The first-order valence-corrected chi connectivity index (χ1v) is 10.8. The molecule has 30 heavy (non-hydrogen) atoms. The van der Waals surface area contributed by atoms with Gasteiger partial charge >= 0.3 is 0 Å². The quantitative estimate of drug-likeness (QED) is 0.648. The van der Waals surface area contributed by atoms with Crippen LogP contribution in [0.25, 0.3) is 22.2 Å². The zero-order valence-electron chi connectivity index (χ0n) is 17.0. The second kappa shape index (κ2) is 8.02. The van der Waals surface area contributed by atoms with Crippen LogP contribution in [0.15, 0.2) is 36.7 Å². The molecule has 5 rings (SSSR count). The monoisotopic (exact) mass is 424 g/mol. The molecule has 6 nitrogen and oxygen atoms in total. The maximum atomic E-state index is 12.8. The van der Waals surface area contributed by atoms with Crippen molar-refractivity contribution in [1.29, 1.82) is 0 Å². The van der Waals surface area contributed by atoms with Gasteiger partial charge in [-0.25, -0.2) is 4.98 Å². The van der Waals surface area contributed by atoms with Crippen LogP contribution in [0.3, 0.4) is 0 Å². The number of amides is 1. The SMILES string of the molecule is COCCN1CCN(c2cccc(-c3cnc4[nH]cc(C5CC5)c4c3Cl)c2)C(=O)C1. The van der Waals surface area contributed by atoms with Gasteiger partial charge in [0.05, 0.1) is 18.2 Å². The molecule has 3 heterocycles. The maximum Gasteiger partial charge on any atom is 0.241 e. The number of nitrogens with one attached hydrogen (secondary N) is 1. The number of anilines is 1. The molecule has 1 N–H and O–H groups in total. The summed E-state index contributed by atoms with van der Waals surface area (Å²) >= 11 is 6.87. The largest absolute Gasteiger partial charge is 0.383 e. The molecule has 1 aliphatic heterocycles. The first-order chi connectivity index (χ1) is 14.7. The van der Waals surface area contributed by atoms with Crippen LogP contribution in [0, 0.1) is 0 Å². The molecule has 1 aromatic carbocycles. The zero-order chi connectivity index (χ0) is 20.7. The van der Waals surface area contributed by atoms with E-state index in [1.807, 2.05) is 41.6 Å². The normalized spacial score (nSPS) is 17.8. The lowest BCUT2D eigenvalue weighted by Gasteiger charge is -2.34. The molecule has 3 aromatic rings. The van der Waals surface area contributed by atoms with Crippen molar-refractivity contribution < 1.29 is 9.53 Å². The van der Waals surface area contributed by atoms with E-state index in [0.717, 1.165) is 46.0 Å². The molecule has 7 heteroatoms. The average Bonchev–Trinajstić information content (AvgIpc) is 3.51. The van der Waals surface area contributed by atoms with Crippen molar-refractivity contribution in [3.05, 3.63) is 47.2 Å². The lowest BCUT2D eigenvalue weighted by molar-refractivity contribution is -0.121. The summed E-state index contributed by atoms with van der Waals surface area (Å²) in [5.74, 6) is 0.697. The number of hydrogen-bond acceptors (Lipinski definition) is 4. The highest BCUT2D eigenvalue weighted by molar-refractivity contribution is 6.38.